The van der Waals surface area contributed by atoms with Crippen LogP contribution in [-0.2, 0) is 4.79 Å². The van der Waals surface area contributed by atoms with Crippen molar-refractivity contribution in [1.29, 1.82) is 0 Å². The SMILES string of the molecule is CC(N)CCNC(=O)COc1ccccc1-c1ccccc1. The number of carbonyl (C=O) groups is 1. The minimum atomic E-state index is -0.136. The zero-order chi connectivity index (χ0) is 15.8. The van der Waals surface area contributed by atoms with Crippen molar-refractivity contribution in [3.63, 3.8) is 0 Å². The molecule has 0 heterocycles. The van der Waals surface area contributed by atoms with Crippen molar-refractivity contribution >= 4 is 5.91 Å². The lowest BCUT2D eigenvalue weighted by Gasteiger charge is -2.12. The first-order valence-electron chi connectivity index (χ1n) is 7.46. The van der Waals surface area contributed by atoms with Crippen LogP contribution in [0.3, 0.4) is 0 Å². The lowest BCUT2D eigenvalue weighted by molar-refractivity contribution is -0.123. The number of carbonyl (C=O) groups excluding carboxylic acids is 1. The Morgan fingerprint density at radius 3 is 2.55 bits per heavy atom. The molecule has 1 amide bonds. The molecule has 0 aromatic heterocycles. The van der Waals surface area contributed by atoms with E-state index in [2.05, 4.69) is 5.32 Å². The van der Waals surface area contributed by atoms with Gasteiger partial charge in [0.1, 0.15) is 5.75 Å². The van der Waals surface area contributed by atoms with Gasteiger partial charge >= 0.3 is 0 Å². The van der Waals surface area contributed by atoms with Crippen molar-refractivity contribution in [3.05, 3.63) is 54.6 Å². The molecule has 1 atom stereocenters. The maximum absolute atomic E-state index is 11.8. The highest BCUT2D eigenvalue weighted by molar-refractivity contribution is 5.78. The number of hydrogen-bond acceptors (Lipinski definition) is 3. The second kappa shape index (κ2) is 8.20. The fourth-order valence-electron chi connectivity index (χ4n) is 2.08. The lowest BCUT2D eigenvalue weighted by Crippen LogP contribution is -2.32. The van der Waals surface area contributed by atoms with Crippen molar-refractivity contribution in [2.24, 2.45) is 5.73 Å². The number of nitrogens with one attached hydrogen (secondary N) is 1. The Hall–Kier alpha value is -2.33. The number of nitrogens with two attached hydrogens (primary N) is 1. The number of rotatable bonds is 7. The van der Waals surface area contributed by atoms with Crippen LogP contribution in [0.15, 0.2) is 54.6 Å². The van der Waals surface area contributed by atoms with Crippen molar-refractivity contribution in [3.8, 4) is 16.9 Å². The van der Waals surface area contributed by atoms with E-state index in [0.29, 0.717) is 12.3 Å². The molecule has 0 bridgehead atoms. The maximum atomic E-state index is 11.8. The zero-order valence-electron chi connectivity index (χ0n) is 12.8. The number of amides is 1. The molecule has 0 spiro atoms. The normalized spacial score (nSPS) is 11.7. The van der Waals surface area contributed by atoms with Crippen molar-refractivity contribution in [2.75, 3.05) is 13.2 Å². The van der Waals surface area contributed by atoms with Gasteiger partial charge in [0.2, 0.25) is 0 Å². The Balaban J connectivity index is 1.95. The molecule has 0 aliphatic rings. The van der Waals surface area contributed by atoms with Crippen LogP contribution in [-0.4, -0.2) is 25.1 Å². The molecule has 116 valence electrons. The van der Waals surface area contributed by atoms with Crippen LogP contribution in [0.5, 0.6) is 5.75 Å². The summed E-state index contributed by atoms with van der Waals surface area (Å²) in [5, 5.41) is 2.80. The zero-order valence-corrected chi connectivity index (χ0v) is 12.8. The van der Waals surface area contributed by atoms with E-state index in [4.69, 9.17) is 10.5 Å². The highest BCUT2D eigenvalue weighted by atomic mass is 16.5. The molecule has 3 N–H and O–H groups in total. The van der Waals surface area contributed by atoms with Crippen molar-refractivity contribution in [1.82, 2.24) is 5.32 Å². The predicted molar refractivity (Wildman–Crippen MR) is 88.6 cm³/mol. The summed E-state index contributed by atoms with van der Waals surface area (Å²) in [7, 11) is 0. The maximum Gasteiger partial charge on any atom is 0.257 e. The molecule has 1 unspecified atom stereocenters. The number of ether oxygens (including phenoxy) is 1. The number of hydrogen-bond donors (Lipinski definition) is 2. The van der Waals surface area contributed by atoms with E-state index >= 15 is 0 Å². The van der Waals surface area contributed by atoms with Crippen molar-refractivity contribution in [2.45, 2.75) is 19.4 Å². The average Bonchev–Trinajstić information content (AvgIpc) is 2.54. The fraction of sp³-hybridized carbons (Fsp3) is 0.278. The van der Waals surface area contributed by atoms with Crippen LogP contribution < -0.4 is 15.8 Å². The Bertz CT molecular complexity index is 597. The van der Waals surface area contributed by atoms with Crippen molar-refractivity contribution < 1.29 is 9.53 Å². The molecule has 0 radical (unpaired) electrons. The molecule has 2 aromatic carbocycles. The minimum Gasteiger partial charge on any atom is -0.483 e. The van der Waals surface area contributed by atoms with Gasteiger partial charge in [0, 0.05) is 18.2 Å². The third kappa shape index (κ3) is 4.90. The topological polar surface area (TPSA) is 64.3 Å². The van der Waals surface area contributed by atoms with E-state index in [1.807, 2.05) is 61.5 Å². The van der Waals surface area contributed by atoms with Crippen LogP contribution >= 0.6 is 0 Å². The monoisotopic (exact) mass is 298 g/mol. The summed E-state index contributed by atoms with van der Waals surface area (Å²) < 4.78 is 5.67. The summed E-state index contributed by atoms with van der Waals surface area (Å²) in [6.45, 7) is 2.49. The van der Waals surface area contributed by atoms with E-state index in [1.54, 1.807) is 0 Å². The highest BCUT2D eigenvalue weighted by Crippen LogP contribution is 2.29. The van der Waals surface area contributed by atoms with Crippen LogP contribution in [0.1, 0.15) is 13.3 Å². The Labute approximate surface area is 131 Å². The molecule has 0 aliphatic carbocycles. The quantitative estimate of drug-likeness (QED) is 0.826. The molecule has 4 nitrogen and oxygen atoms in total. The summed E-state index contributed by atoms with van der Waals surface area (Å²) in [5.74, 6) is 0.569. The Morgan fingerprint density at radius 1 is 1.14 bits per heavy atom. The summed E-state index contributed by atoms with van der Waals surface area (Å²) in [6.07, 6.45) is 0.756. The van der Waals surface area contributed by atoms with Gasteiger partial charge in [-0.3, -0.25) is 4.79 Å². The minimum absolute atomic E-state index is 0.00278. The first-order chi connectivity index (χ1) is 10.7. The third-order valence-corrected chi connectivity index (χ3v) is 3.25. The van der Waals surface area contributed by atoms with E-state index in [0.717, 1.165) is 17.5 Å². The second-order valence-corrected chi connectivity index (χ2v) is 5.27. The fourth-order valence-corrected chi connectivity index (χ4v) is 2.08. The number of benzene rings is 2. The van der Waals surface area contributed by atoms with Gasteiger partial charge in [-0.2, -0.15) is 0 Å². The smallest absolute Gasteiger partial charge is 0.257 e. The molecule has 0 fully saturated rings. The third-order valence-electron chi connectivity index (χ3n) is 3.25. The summed E-state index contributed by atoms with van der Waals surface area (Å²) in [4.78, 5) is 11.8. The van der Waals surface area contributed by atoms with Gasteiger partial charge in [-0.05, 0) is 25.0 Å². The van der Waals surface area contributed by atoms with E-state index in [1.165, 1.54) is 0 Å². The summed E-state index contributed by atoms with van der Waals surface area (Å²) in [6, 6.07) is 17.8. The first-order valence-corrected chi connectivity index (χ1v) is 7.46. The van der Waals surface area contributed by atoms with Gasteiger partial charge in [0.05, 0.1) is 0 Å². The summed E-state index contributed by atoms with van der Waals surface area (Å²) in [5.41, 5.74) is 7.69. The molecule has 0 aliphatic heterocycles. The molecule has 2 rings (SSSR count). The molecule has 2 aromatic rings. The molecule has 4 heteroatoms. The standard InChI is InChI=1S/C18H22N2O2/c1-14(19)11-12-20-18(21)13-22-17-10-6-5-9-16(17)15-7-3-2-4-8-15/h2-10,14H,11-13,19H2,1H3,(H,20,21). The van der Waals surface area contributed by atoms with Gasteiger partial charge in [0.25, 0.3) is 5.91 Å². The van der Waals surface area contributed by atoms with Gasteiger partial charge in [-0.15, -0.1) is 0 Å². The van der Waals surface area contributed by atoms with E-state index in [9.17, 15) is 4.79 Å². The largest absolute Gasteiger partial charge is 0.483 e. The summed E-state index contributed by atoms with van der Waals surface area (Å²) >= 11 is 0. The van der Waals surface area contributed by atoms with Gasteiger partial charge in [0.15, 0.2) is 6.61 Å². The molecule has 0 saturated carbocycles. The molecular weight excluding hydrogens is 276 g/mol. The molecule has 0 saturated heterocycles. The van der Waals surface area contributed by atoms with Crippen LogP contribution in [0.25, 0.3) is 11.1 Å². The van der Waals surface area contributed by atoms with E-state index < -0.39 is 0 Å². The van der Waals surface area contributed by atoms with Crippen LogP contribution in [0.4, 0.5) is 0 Å². The predicted octanol–water partition coefficient (Wildman–Crippen LogP) is 2.59. The van der Waals surface area contributed by atoms with Crippen LogP contribution in [0.2, 0.25) is 0 Å². The van der Waals surface area contributed by atoms with E-state index in [-0.39, 0.29) is 18.6 Å². The molecule has 22 heavy (non-hydrogen) atoms. The Kier molecular flexibility index (Phi) is 5.98. The van der Waals surface area contributed by atoms with Gasteiger partial charge in [-0.25, -0.2) is 0 Å². The molecular formula is C18H22N2O2. The second-order valence-electron chi connectivity index (χ2n) is 5.27. The first kappa shape index (κ1) is 16.0. The average molecular weight is 298 g/mol. The van der Waals surface area contributed by atoms with Gasteiger partial charge in [-0.1, -0.05) is 48.5 Å². The Morgan fingerprint density at radius 2 is 1.82 bits per heavy atom. The highest BCUT2D eigenvalue weighted by Gasteiger charge is 2.08. The van der Waals surface area contributed by atoms with Gasteiger partial charge < -0.3 is 15.8 Å². The lowest BCUT2D eigenvalue weighted by atomic mass is 10.1. The van der Waals surface area contributed by atoms with Crippen LogP contribution in [0, 0.1) is 0 Å². The number of para-hydroxylation sites is 1.